The molecule has 15 heavy (non-hydrogen) atoms. The van der Waals surface area contributed by atoms with Gasteiger partial charge < -0.3 is 14.8 Å². The van der Waals surface area contributed by atoms with Gasteiger partial charge in [0.1, 0.15) is 18.0 Å². The third kappa shape index (κ3) is 1.65. The molecule has 80 valence electrons. The van der Waals surface area contributed by atoms with Crippen molar-refractivity contribution in [3.05, 3.63) is 35.6 Å². The molecule has 3 rings (SSSR count). The Morgan fingerprint density at radius 2 is 1.67 bits per heavy atom. The van der Waals surface area contributed by atoms with E-state index in [0.717, 1.165) is 18.7 Å². The third-order valence-electron chi connectivity index (χ3n) is 2.84. The average Bonchev–Trinajstić information content (AvgIpc) is 2.78. The Morgan fingerprint density at radius 3 is 2.27 bits per heavy atom. The summed E-state index contributed by atoms with van der Waals surface area (Å²) in [5.41, 5.74) is 0.880. The summed E-state index contributed by atoms with van der Waals surface area (Å²) in [5.74, 6) is -0.237. The Labute approximate surface area is 87.2 Å². The van der Waals surface area contributed by atoms with E-state index < -0.39 is 0 Å². The molecule has 2 heterocycles. The van der Waals surface area contributed by atoms with Gasteiger partial charge in [-0.15, -0.1) is 0 Å². The maximum Gasteiger partial charge on any atom is 0.184 e. The summed E-state index contributed by atoms with van der Waals surface area (Å²) >= 11 is 0. The monoisotopic (exact) mass is 209 g/mol. The van der Waals surface area contributed by atoms with E-state index in [1.807, 2.05) is 0 Å². The molecule has 0 saturated carbocycles. The second kappa shape index (κ2) is 3.56. The number of ether oxygens (including phenoxy) is 2. The number of benzene rings is 1. The number of fused-ring (bicyclic) bond motifs is 1. The maximum absolute atomic E-state index is 12.7. The van der Waals surface area contributed by atoms with Crippen molar-refractivity contribution in [2.24, 2.45) is 0 Å². The molecule has 2 fully saturated rings. The zero-order chi connectivity index (χ0) is 10.3. The van der Waals surface area contributed by atoms with E-state index >= 15 is 0 Å². The molecule has 3 nitrogen and oxygen atoms in total. The van der Waals surface area contributed by atoms with E-state index in [1.54, 1.807) is 12.1 Å². The molecular weight excluding hydrogens is 197 g/mol. The topological polar surface area (TPSA) is 30.5 Å². The predicted octanol–water partition coefficient (Wildman–Crippen LogP) is 1.21. The van der Waals surface area contributed by atoms with Crippen LogP contribution in [0, 0.1) is 5.82 Å². The molecular formula is C11H12FNO2. The minimum atomic E-state index is -0.331. The largest absolute Gasteiger partial charge is 0.341 e. The van der Waals surface area contributed by atoms with Crippen LogP contribution < -0.4 is 5.32 Å². The smallest absolute Gasteiger partial charge is 0.184 e. The first kappa shape index (κ1) is 9.27. The molecule has 2 aliphatic heterocycles. The van der Waals surface area contributed by atoms with E-state index in [1.165, 1.54) is 12.1 Å². The van der Waals surface area contributed by atoms with Gasteiger partial charge in [-0.25, -0.2) is 4.39 Å². The molecule has 1 aromatic rings. The van der Waals surface area contributed by atoms with Crippen LogP contribution in [0.1, 0.15) is 11.9 Å². The maximum atomic E-state index is 12.7. The molecule has 0 aliphatic carbocycles. The molecule has 2 saturated heterocycles. The van der Waals surface area contributed by atoms with Crippen LogP contribution in [0.2, 0.25) is 0 Å². The molecule has 2 aliphatic rings. The zero-order valence-electron chi connectivity index (χ0n) is 8.15. The zero-order valence-corrected chi connectivity index (χ0v) is 8.15. The summed E-state index contributed by atoms with van der Waals surface area (Å²) in [6, 6.07) is 6.26. The van der Waals surface area contributed by atoms with Crippen molar-refractivity contribution in [2.45, 2.75) is 18.5 Å². The first-order valence-electron chi connectivity index (χ1n) is 5.10. The molecule has 2 unspecified atom stereocenters. The predicted molar refractivity (Wildman–Crippen MR) is 51.8 cm³/mol. The van der Waals surface area contributed by atoms with E-state index in [4.69, 9.17) is 9.47 Å². The van der Waals surface area contributed by atoms with Crippen LogP contribution in [-0.2, 0) is 9.47 Å². The molecule has 1 aromatic carbocycles. The third-order valence-corrected chi connectivity index (χ3v) is 2.84. The van der Waals surface area contributed by atoms with Gasteiger partial charge in [-0.05, 0) is 12.1 Å². The van der Waals surface area contributed by atoms with Gasteiger partial charge in [0.05, 0.1) is 0 Å². The summed E-state index contributed by atoms with van der Waals surface area (Å²) in [7, 11) is 0. The molecule has 0 amide bonds. The van der Waals surface area contributed by atoms with Crippen LogP contribution in [-0.4, -0.2) is 25.3 Å². The number of hydrogen-bond acceptors (Lipinski definition) is 3. The number of hydrogen-bond donors (Lipinski definition) is 1. The van der Waals surface area contributed by atoms with Crippen molar-refractivity contribution in [1.29, 1.82) is 0 Å². The highest BCUT2D eigenvalue weighted by Crippen LogP contribution is 2.32. The summed E-state index contributed by atoms with van der Waals surface area (Å²) < 4.78 is 24.1. The lowest BCUT2D eigenvalue weighted by atomic mass is 10.2. The van der Waals surface area contributed by atoms with E-state index in [9.17, 15) is 4.39 Å². The molecule has 0 aromatic heterocycles. The normalized spacial score (nSPS) is 34.3. The minimum absolute atomic E-state index is 0.139. The van der Waals surface area contributed by atoms with Crippen LogP contribution in [0.4, 0.5) is 4.39 Å². The lowest BCUT2D eigenvalue weighted by Crippen LogP contribution is -2.18. The highest BCUT2D eigenvalue weighted by molar-refractivity contribution is 5.18. The standard InChI is InChI=1S/C11H12FNO2/c12-8-3-1-7(2-4-8)11-14-9-5-13-6-10(9)15-11/h1-4,9-11,13H,5-6H2. The molecule has 2 atom stereocenters. The van der Waals surface area contributed by atoms with Gasteiger partial charge in [0, 0.05) is 18.7 Å². The minimum Gasteiger partial charge on any atom is -0.341 e. The number of rotatable bonds is 1. The van der Waals surface area contributed by atoms with Gasteiger partial charge in [0.2, 0.25) is 0 Å². The molecule has 0 radical (unpaired) electrons. The number of nitrogens with one attached hydrogen (secondary N) is 1. The van der Waals surface area contributed by atoms with Crippen molar-refractivity contribution in [3.63, 3.8) is 0 Å². The van der Waals surface area contributed by atoms with E-state index in [0.29, 0.717) is 0 Å². The fraction of sp³-hybridized carbons (Fsp3) is 0.455. The SMILES string of the molecule is Fc1ccc(C2OC3CNCC3O2)cc1. The number of halogens is 1. The molecule has 4 heteroatoms. The Bertz CT molecular complexity index is 342. The van der Waals surface area contributed by atoms with Crippen molar-refractivity contribution >= 4 is 0 Å². The van der Waals surface area contributed by atoms with Crippen LogP contribution in [0.15, 0.2) is 24.3 Å². The fourth-order valence-electron chi connectivity index (χ4n) is 2.03. The van der Waals surface area contributed by atoms with Gasteiger partial charge in [-0.2, -0.15) is 0 Å². The van der Waals surface area contributed by atoms with Gasteiger partial charge in [-0.1, -0.05) is 12.1 Å². The van der Waals surface area contributed by atoms with Crippen molar-refractivity contribution in [3.8, 4) is 0 Å². The first-order valence-corrected chi connectivity index (χ1v) is 5.10. The molecule has 0 bridgehead atoms. The summed E-state index contributed by atoms with van der Waals surface area (Å²) in [6.45, 7) is 1.67. The highest BCUT2D eigenvalue weighted by atomic mass is 19.1. The van der Waals surface area contributed by atoms with Crippen LogP contribution in [0.3, 0.4) is 0 Å². The Morgan fingerprint density at radius 1 is 1.07 bits per heavy atom. The summed E-state index contributed by atoms with van der Waals surface area (Å²) in [5, 5.41) is 3.20. The average molecular weight is 209 g/mol. The van der Waals surface area contributed by atoms with Crippen molar-refractivity contribution in [2.75, 3.05) is 13.1 Å². The molecule has 0 spiro atoms. The summed E-state index contributed by atoms with van der Waals surface area (Å²) in [4.78, 5) is 0. The summed E-state index contributed by atoms with van der Waals surface area (Å²) in [6.07, 6.45) is -0.0530. The van der Waals surface area contributed by atoms with E-state index in [2.05, 4.69) is 5.32 Å². The van der Waals surface area contributed by atoms with Gasteiger partial charge in [0.25, 0.3) is 0 Å². The Balaban J connectivity index is 1.76. The van der Waals surface area contributed by atoms with Crippen molar-refractivity contribution < 1.29 is 13.9 Å². The van der Waals surface area contributed by atoms with Crippen LogP contribution >= 0.6 is 0 Å². The van der Waals surface area contributed by atoms with Gasteiger partial charge in [0.15, 0.2) is 6.29 Å². The van der Waals surface area contributed by atoms with Crippen LogP contribution in [0.5, 0.6) is 0 Å². The Kier molecular flexibility index (Phi) is 2.20. The first-order chi connectivity index (χ1) is 7.33. The lowest BCUT2D eigenvalue weighted by Gasteiger charge is -2.11. The fourth-order valence-corrected chi connectivity index (χ4v) is 2.03. The van der Waals surface area contributed by atoms with Crippen molar-refractivity contribution in [1.82, 2.24) is 5.32 Å². The van der Waals surface area contributed by atoms with Gasteiger partial charge in [-0.3, -0.25) is 0 Å². The Hall–Kier alpha value is -0.970. The van der Waals surface area contributed by atoms with Crippen LogP contribution in [0.25, 0.3) is 0 Å². The second-order valence-electron chi connectivity index (χ2n) is 3.89. The lowest BCUT2D eigenvalue weighted by molar-refractivity contribution is -0.0729. The quantitative estimate of drug-likeness (QED) is 0.754. The van der Waals surface area contributed by atoms with E-state index in [-0.39, 0.29) is 24.3 Å². The second-order valence-corrected chi connectivity index (χ2v) is 3.89. The molecule has 1 N–H and O–H groups in total. The van der Waals surface area contributed by atoms with Gasteiger partial charge >= 0.3 is 0 Å². The highest BCUT2D eigenvalue weighted by Gasteiger charge is 2.39.